The molecule has 1 N–H and O–H groups in total. The summed E-state index contributed by atoms with van der Waals surface area (Å²) in [5.74, 6) is 0.832. The van der Waals surface area contributed by atoms with Gasteiger partial charge in [-0.2, -0.15) is 0 Å². The zero-order chi connectivity index (χ0) is 12.1. The van der Waals surface area contributed by atoms with Crippen molar-refractivity contribution in [1.82, 2.24) is 10.2 Å². The van der Waals surface area contributed by atoms with Crippen molar-refractivity contribution in [2.75, 3.05) is 26.7 Å². The van der Waals surface area contributed by atoms with Crippen molar-refractivity contribution in [2.45, 2.75) is 26.3 Å². The van der Waals surface area contributed by atoms with Crippen molar-refractivity contribution in [3.8, 4) is 0 Å². The van der Waals surface area contributed by atoms with Crippen molar-refractivity contribution >= 4 is 12.4 Å². The van der Waals surface area contributed by atoms with Gasteiger partial charge < -0.3 is 5.32 Å². The maximum absolute atomic E-state index is 3.30. The molecule has 102 valence electrons. The predicted octanol–water partition coefficient (Wildman–Crippen LogP) is 2.85. The van der Waals surface area contributed by atoms with E-state index in [1.807, 2.05) is 0 Å². The Kier molecular flexibility index (Phi) is 6.69. The molecule has 0 radical (unpaired) electrons. The number of nitrogens with zero attached hydrogens (tertiary/aromatic N) is 1. The third kappa shape index (κ3) is 4.60. The first kappa shape index (κ1) is 15.5. The smallest absolute Gasteiger partial charge is 0.0233 e. The van der Waals surface area contributed by atoms with E-state index in [0.29, 0.717) is 0 Å². The molecule has 1 aliphatic heterocycles. The molecule has 1 aromatic carbocycles. The van der Waals surface area contributed by atoms with E-state index in [1.165, 1.54) is 37.1 Å². The highest BCUT2D eigenvalue weighted by Gasteiger charge is 2.19. The Hall–Kier alpha value is -0.570. The largest absolute Gasteiger partial charge is 0.319 e. The van der Waals surface area contributed by atoms with E-state index in [-0.39, 0.29) is 12.4 Å². The SMILES string of the molecule is CNCC1CCCN(Cc2cccc(C)c2)C1.Cl. The Bertz CT molecular complexity index is 352. The molecular weight excluding hydrogens is 244 g/mol. The van der Waals surface area contributed by atoms with Crippen molar-refractivity contribution in [3.63, 3.8) is 0 Å². The first-order valence-corrected chi connectivity index (χ1v) is 6.70. The second kappa shape index (κ2) is 7.78. The number of rotatable bonds is 4. The molecule has 0 aromatic heterocycles. The van der Waals surface area contributed by atoms with Crippen LogP contribution in [0.1, 0.15) is 24.0 Å². The van der Waals surface area contributed by atoms with Gasteiger partial charge in [-0.15, -0.1) is 12.4 Å². The van der Waals surface area contributed by atoms with Crippen LogP contribution in [-0.2, 0) is 6.54 Å². The molecule has 1 atom stereocenters. The Morgan fingerprint density at radius 1 is 1.39 bits per heavy atom. The summed E-state index contributed by atoms with van der Waals surface area (Å²) in [5.41, 5.74) is 2.82. The zero-order valence-electron chi connectivity index (χ0n) is 11.5. The van der Waals surface area contributed by atoms with Gasteiger partial charge in [0.1, 0.15) is 0 Å². The summed E-state index contributed by atoms with van der Waals surface area (Å²) < 4.78 is 0. The van der Waals surface area contributed by atoms with E-state index >= 15 is 0 Å². The van der Waals surface area contributed by atoms with Gasteiger partial charge in [0.05, 0.1) is 0 Å². The quantitative estimate of drug-likeness (QED) is 0.903. The van der Waals surface area contributed by atoms with Crippen LogP contribution in [0.4, 0.5) is 0 Å². The molecule has 0 aliphatic carbocycles. The highest BCUT2D eigenvalue weighted by atomic mass is 35.5. The maximum atomic E-state index is 3.30. The van der Waals surface area contributed by atoms with Gasteiger partial charge in [0, 0.05) is 13.1 Å². The lowest BCUT2D eigenvalue weighted by Gasteiger charge is -2.32. The van der Waals surface area contributed by atoms with Crippen LogP contribution in [0, 0.1) is 12.8 Å². The molecule has 0 saturated carbocycles. The molecule has 0 amide bonds. The maximum Gasteiger partial charge on any atom is 0.0233 e. The topological polar surface area (TPSA) is 15.3 Å². The van der Waals surface area contributed by atoms with Gasteiger partial charge in [-0.3, -0.25) is 4.90 Å². The van der Waals surface area contributed by atoms with Crippen molar-refractivity contribution in [1.29, 1.82) is 0 Å². The van der Waals surface area contributed by atoms with Crippen molar-refractivity contribution < 1.29 is 0 Å². The summed E-state index contributed by atoms with van der Waals surface area (Å²) >= 11 is 0. The molecule has 0 bridgehead atoms. The number of hydrogen-bond acceptors (Lipinski definition) is 2. The van der Waals surface area contributed by atoms with Crippen LogP contribution in [0.25, 0.3) is 0 Å². The number of benzene rings is 1. The summed E-state index contributed by atoms with van der Waals surface area (Å²) in [4.78, 5) is 2.60. The summed E-state index contributed by atoms with van der Waals surface area (Å²) in [5, 5.41) is 3.30. The first-order valence-electron chi connectivity index (χ1n) is 6.70. The average Bonchev–Trinajstić information content (AvgIpc) is 2.30. The van der Waals surface area contributed by atoms with Gasteiger partial charge in [0.15, 0.2) is 0 Å². The average molecular weight is 269 g/mol. The van der Waals surface area contributed by atoms with E-state index in [0.717, 1.165) is 19.0 Å². The van der Waals surface area contributed by atoms with Gasteiger partial charge in [0.25, 0.3) is 0 Å². The van der Waals surface area contributed by atoms with E-state index in [2.05, 4.69) is 48.5 Å². The summed E-state index contributed by atoms with van der Waals surface area (Å²) in [6, 6.07) is 8.89. The van der Waals surface area contributed by atoms with E-state index < -0.39 is 0 Å². The van der Waals surface area contributed by atoms with Crippen LogP contribution in [0.2, 0.25) is 0 Å². The fourth-order valence-electron chi connectivity index (χ4n) is 2.82. The van der Waals surface area contributed by atoms with E-state index in [4.69, 9.17) is 0 Å². The lowest BCUT2D eigenvalue weighted by molar-refractivity contribution is 0.167. The standard InChI is InChI=1S/C15H24N2.ClH/c1-13-5-3-6-14(9-13)11-17-8-4-7-15(12-17)10-16-2;/h3,5-6,9,15-16H,4,7-8,10-12H2,1-2H3;1H. The Balaban J connectivity index is 0.00000162. The molecule has 1 fully saturated rings. The lowest BCUT2D eigenvalue weighted by atomic mass is 9.97. The summed E-state index contributed by atoms with van der Waals surface area (Å²) in [6.07, 6.45) is 2.73. The normalized spacial score (nSPS) is 20.4. The number of halogens is 1. The molecule has 18 heavy (non-hydrogen) atoms. The molecule has 2 rings (SSSR count). The number of likely N-dealkylation sites (tertiary alicyclic amines) is 1. The summed E-state index contributed by atoms with van der Waals surface area (Å²) in [7, 11) is 2.06. The van der Waals surface area contributed by atoms with Crippen LogP contribution >= 0.6 is 12.4 Å². The van der Waals surface area contributed by atoms with E-state index in [9.17, 15) is 0 Å². The van der Waals surface area contributed by atoms with Crippen LogP contribution in [0.15, 0.2) is 24.3 Å². The Labute approximate surface area is 117 Å². The molecule has 3 heteroatoms. The molecule has 1 aliphatic rings. The predicted molar refractivity (Wildman–Crippen MR) is 80.4 cm³/mol. The minimum Gasteiger partial charge on any atom is -0.319 e. The van der Waals surface area contributed by atoms with Gasteiger partial charge in [-0.25, -0.2) is 0 Å². The summed E-state index contributed by atoms with van der Waals surface area (Å²) in [6.45, 7) is 6.94. The number of piperidine rings is 1. The second-order valence-corrected chi connectivity index (χ2v) is 5.29. The second-order valence-electron chi connectivity index (χ2n) is 5.29. The molecule has 1 saturated heterocycles. The van der Waals surface area contributed by atoms with Crippen molar-refractivity contribution in [2.24, 2.45) is 5.92 Å². The van der Waals surface area contributed by atoms with Crippen molar-refractivity contribution in [3.05, 3.63) is 35.4 Å². The van der Waals surface area contributed by atoms with Crippen LogP contribution in [-0.4, -0.2) is 31.6 Å². The third-order valence-corrected chi connectivity index (χ3v) is 3.58. The van der Waals surface area contributed by atoms with Gasteiger partial charge in [0.2, 0.25) is 0 Å². The molecule has 1 unspecified atom stereocenters. The fraction of sp³-hybridized carbons (Fsp3) is 0.600. The monoisotopic (exact) mass is 268 g/mol. The molecule has 1 aromatic rings. The van der Waals surface area contributed by atoms with Gasteiger partial charge in [-0.05, 0) is 51.4 Å². The van der Waals surface area contributed by atoms with Crippen LogP contribution in [0.3, 0.4) is 0 Å². The molecule has 1 heterocycles. The molecule has 0 spiro atoms. The van der Waals surface area contributed by atoms with Crippen LogP contribution < -0.4 is 5.32 Å². The van der Waals surface area contributed by atoms with Gasteiger partial charge in [-0.1, -0.05) is 29.8 Å². The van der Waals surface area contributed by atoms with E-state index in [1.54, 1.807) is 0 Å². The lowest BCUT2D eigenvalue weighted by Crippen LogP contribution is -2.38. The number of nitrogens with one attached hydrogen (secondary N) is 1. The highest BCUT2D eigenvalue weighted by molar-refractivity contribution is 5.85. The Morgan fingerprint density at radius 2 is 2.22 bits per heavy atom. The molecular formula is C15H25ClN2. The number of hydrogen-bond donors (Lipinski definition) is 1. The highest BCUT2D eigenvalue weighted by Crippen LogP contribution is 2.18. The van der Waals surface area contributed by atoms with Crippen LogP contribution in [0.5, 0.6) is 0 Å². The number of aryl methyl sites for hydroxylation is 1. The zero-order valence-corrected chi connectivity index (χ0v) is 12.3. The Morgan fingerprint density at radius 3 is 2.94 bits per heavy atom. The fourth-order valence-corrected chi connectivity index (χ4v) is 2.82. The van der Waals surface area contributed by atoms with Gasteiger partial charge >= 0.3 is 0 Å². The first-order chi connectivity index (χ1) is 8.28. The minimum absolute atomic E-state index is 0. The minimum atomic E-state index is 0. The third-order valence-electron chi connectivity index (χ3n) is 3.58. The molecule has 2 nitrogen and oxygen atoms in total.